The number of fused-ring (bicyclic) bond motifs is 1. The first kappa shape index (κ1) is 12.6. The third-order valence-corrected chi connectivity index (χ3v) is 6.08. The number of hydrogen-bond acceptors (Lipinski definition) is 3. The van der Waals surface area contributed by atoms with Crippen LogP contribution in [0.5, 0.6) is 0 Å². The number of rotatable bonds is 2. The van der Waals surface area contributed by atoms with Crippen molar-refractivity contribution in [2.24, 2.45) is 5.92 Å². The number of nitrogens with one attached hydrogen (secondary N) is 1. The molecule has 3 nitrogen and oxygen atoms in total. The predicted octanol–water partition coefficient (Wildman–Crippen LogP) is 2.16. The molecular formula is C16H28N2O. The lowest BCUT2D eigenvalue weighted by Crippen LogP contribution is -2.48. The zero-order valence-corrected chi connectivity index (χ0v) is 12.1. The Balaban J connectivity index is 1.36. The Hall–Kier alpha value is -0.120. The minimum absolute atomic E-state index is 0.313. The third-order valence-electron chi connectivity index (χ3n) is 6.08. The second-order valence-corrected chi connectivity index (χ2v) is 7.29. The van der Waals surface area contributed by atoms with E-state index in [9.17, 15) is 0 Å². The maximum absolute atomic E-state index is 6.50. The van der Waals surface area contributed by atoms with Crippen molar-refractivity contribution >= 4 is 0 Å². The molecule has 0 aromatic carbocycles. The quantitative estimate of drug-likeness (QED) is 0.827. The molecule has 3 heteroatoms. The average molecular weight is 264 g/mol. The van der Waals surface area contributed by atoms with E-state index in [1.165, 1.54) is 77.5 Å². The summed E-state index contributed by atoms with van der Waals surface area (Å²) >= 11 is 0. The average Bonchev–Trinajstić information content (AvgIpc) is 3.13. The molecule has 4 rings (SSSR count). The normalized spacial score (nSPS) is 42.0. The van der Waals surface area contributed by atoms with Crippen LogP contribution in [0.25, 0.3) is 0 Å². The first-order valence-electron chi connectivity index (χ1n) is 8.47. The van der Waals surface area contributed by atoms with Crippen LogP contribution in [0.4, 0.5) is 0 Å². The molecule has 1 aliphatic carbocycles. The molecule has 0 amide bonds. The van der Waals surface area contributed by atoms with Crippen molar-refractivity contribution in [1.82, 2.24) is 10.2 Å². The number of nitrogens with zero attached hydrogens (tertiary/aromatic N) is 1. The summed E-state index contributed by atoms with van der Waals surface area (Å²) < 4.78 is 6.50. The lowest BCUT2D eigenvalue weighted by atomic mass is 9.91. The van der Waals surface area contributed by atoms with Gasteiger partial charge in [0.1, 0.15) is 0 Å². The maximum atomic E-state index is 6.50. The van der Waals surface area contributed by atoms with Crippen LogP contribution in [0.3, 0.4) is 0 Å². The lowest BCUT2D eigenvalue weighted by molar-refractivity contribution is -0.0553. The van der Waals surface area contributed by atoms with Gasteiger partial charge in [0.25, 0.3) is 0 Å². The van der Waals surface area contributed by atoms with Crippen LogP contribution in [0.1, 0.15) is 51.4 Å². The predicted molar refractivity (Wildman–Crippen MR) is 76.3 cm³/mol. The van der Waals surface area contributed by atoms with Gasteiger partial charge in [0.2, 0.25) is 0 Å². The van der Waals surface area contributed by atoms with Gasteiger partial charge in [-0.1, -0.05) is 12.8 Å². The van der Waals surface area contributed by atoms with E-state index in [1.807, 2.05) is 0 Å². The smallest absolute Gasteiger partial charge is 0.0710 e. The Labute approximate surface area is 117 Å². The van der Waals surface area contributed by atoms with Crippen molar-refractivity contribution in [2.75, 3.05) is 26.2 Å². The highest BCUT2D eigenvalue weighted by Crippen LogP contribution is 2.43. The van der Waals surface area contributed by atoms with Gasteiger partial charge in [0.15, 0.2) is 0 Å². The molecule has 3 saturated heterocycles. The Bertz CT molecular complexity index is 327. The van der Waals surface area contributed by atoms with Crippen LogP contribution in [-0.2, 0) is 4.74 Å². The Morgan fingerprint density at radius 2 is 1.95 bits per heavy atom. The Morgan fingerprint density at radius 3 is 2.84 bits per heavy atom. The fourth-order valence-corrected chi connectivity index (χ4v) is 5.06. The zero-order chi connectivity index (χ0) is 12.7. The van der Waals surface area contributed by atoms with Gasteiger partial charge in [0.05, 0.1) is 11.7 Å². The summed E-state index contributed by atoms with van der Waals surface area (Å²) in [6.45, 7) is 4.96. The van der Waals surface area contributed by atoms with E-state index < -0.39 is 0 Å². The van der Waals surface area contributed by atoms with Crippen LogP contribution < -0.4 is 5.32 Å². The minimum Gasteiger partial charge on any atom is -0.370 e. The van der Waals surface area contributed by atoms with Crippen LogP contribution in [0, 0.1) is 5.92 Å². The first-order valence-corrected chi connectivity index (χ1v) is 8.47. The molecule has 0 radical (unpaired) electrons. The highest BCUT2D eigenvalue weighted by Gasteiger charge is 2.44. The molecule has 3 unspecified atom stereocenters. The molecule has 3 aliphatic heterocycles. The molecule has 108 valence electrons. The zero-order valence-electron chi connectivity index (χ0n) is 12.1. The number of hydrogen-bond donors (Lipinski definition) is 1. The molecule has 3 atom stereocenters. The number of ether oxygens (including phenoxy) is 1. The molecule has 1 N–H and O–H groups in total. The van der Waals surface area contributed by atoms with Gasteiger partial charge in [-0.3, -0.25) is 4.90 Å². The summed E-state index contributed by atoms with van der Waals surface area (Å²) in [5.74, 6) is 0.913. The molecule has 0 aromatic rings. The maximum Gasteiger partial charge on any atom is 0.0710 e. The monoisotopic (exact) mass is 264 g/mol. The van der Waals surface area contributed by atoms with Gasteiger partial charge >= 0.3 is 0 Å². The van der Waals surface area contributed by atoms with E-state index in [2.05, 4.69) is 10.2 Å². The van der Waals surface area contributed by atoms with E-state index >= 15 is 0 Å². The van der Waals surface area contributed by atoms with Crippen molar-refractivity contribution in [3.05, 3.63) is 0 Å². The standard InChI is InChI=1S/C16H28N2O/c1-2-7-16(6-1)8-5-14(19-16)12-18-9-3-4-13-10-17-11-15(13)18/h13-15,17H,1-12H2. The summed E-state index contributed by atoms with van der Waals surface area (Å²) in [4.78, 5) is 2.74. The van der Waals surface area contributed by atoms with Crippen LogP contribution >= 0.6 is 0 Å². The van der Waals surface area contributed by atoms with E-state index in [1.54, 1.807) is 0 Å². The SMILES string of the molecule is C1CC2CNCC2N(CC2CCC3(CCCC3)O2)C1. The van der Waals surface area contributed by atoms with Crippen molar-refractivity contribution in [2.45, 2.75) is 69.1 Å². The highest BCUT2D eigenvalue weighted by molar-refractivity contribution is 4.96. The summed E-state index contributed by atoms with van der Waals surface area (Å²) in [7, 11) is 0. The second kappa shape index (κ2) is 5.01. The first-order chi connectivity index (χ1) is 9.35. The van der Waals surface area contributed by atoms with Gasteiger partial charge in [-0.2, -0.15) is 0 Å². The van der Waals surface area contributed by atoms with E-state index in [-0.39, 0.29) is 0 Å². The van der Waals surface area contributed by atoms with Gasteiger partial charge < -0.3 is 10.1 Å². The minimum atomic E-state index is 0.313. The third kappa shape index (κ3) is 2.34. The summed E-state index contributed by atoms with van der Waals surface area (Å²) in [6.07, 6.45) is 11.4. The molecule has 0 aromatic heterocycles. The van der Waals surface area contributed by atoms with Gasteiger partial charge in [-0.15, -0.1) is 0 Å². The van der Waals surface area contributed by atoms with Gasteiger partial charge in [-0.25, -0.2) is 0 Å². The molecule has 3 heterocycles. The van der Waals surface area contributed by atoms with Crippen LogP contribution in [0.15, 0.2) is 0 Å². The molecule has 1 spiro atoms. The van der Waals surface area contributed by atoms with Crippen molar-refractivity contribution in [1.29, 1.82) is 0 Å². The Kier molecular flexibility index (Phi) is 3.33. The molecule has 4 fully saturated rings. The number of likely N-dealkylation sites (tertiary alicyclic amines) is 1. The van der Waals surface area contributed by atoms with Crippen molar-refractivity contribution in [3.8, 4) is 0 Å². The van der Waals surface area contributed by atoms with Crippen molar-refractivity contribution in [3.63, 3.8) is 0 Å². The largest absolute Gasteiger partial charge is 0.370 e. The van der Waals surface area contributed by atoms with Gasteiger partial charge in [-0.05, 0) is 57.5 Å². The summed E-state index contributed by atoms with van der Waals surface area (Å²) in [5.41, 5.74) is 0.313. The molecule has 1 saturated carbocycles. The molecular weight excluding hydrogens is 236 g/mol. The highest BCUT2D eigenvalue weighted by atomic mass is 16.5. The Morgan fingerprint density at radius 1 is 1.05 bits per heavy atom. The topological polar surface area (TPSA) is 24.5 Å². The van der Waals surface area contributed by atoms with Crippen molar-refractivity contribution < 1.29 is 4.74 Å². The van der Waals surface area contributed by atoms with E-state index in [4.69, 9.17) is 4.74 Å². The van der Waals surface area contributed by atoms with E-state index in [0.29, 0.717) is 11.7 Å². The fraction of sp³-hybridized carbons (Fsp3) is 1.00. The van der Waals surface area contributed by atoms with Gasteiger partial charge in [0, 0.05) is 19.1 Å². The summed E-state index contributed by atoms with van der Waals surface area (Å²) in [6, 6.07) is 0.803. The summed E-state index contributed by atoms with van der Waals surface area (Å²) in [5, 5.41) is 3.59. The second-order valence-electron chi connectivity index (χ2n) is 7.29. The molecule has 19 heavy (non-hydrogen) atoms. The van der Waals surface area contributed by atoms with Crippen LogP contribution in [-0.4, -0.2) is 48.8 Å². The lowest BCUT2D eigenvalue weighted by Gasteiger charge is -2.38. The molecule has 0 bridgehead atoms. The van der Waals surface area contributed by atoms with Crippen LogP contribution in [0.2, 0.25) is 0 Å². The fourth-order valence-electron chi connectivity index (χ4n) is 5.06. The molecule has 4 aliphatic rings. The van der Waals surface area contributed by atoms with E-state index in [0.717, 1.165) is 12.0 Å². The number of piperidine rings is 1.